The van der Waals surface area contributed by atoms with Crippen LogP contribution in [-0.2, 0) is 17.6 Å². The van der Waals surface area contributed by atoms with Crippen LogP contribution in [0.15, 0.2) is 47.9 Å². The summed E-state index contributed by atoms with van der Waals surface area (Å²) in [7, 11) is 1.97. The number of carboxylic acids is 1. The van der Waals surface area contributed by atoms with E-state index in [-0.39, 0.29) is 0 Å². The van der Waals surface area contributed by atoms with Crippen LogP contribution in [0.25, 0.3) is 6.08 Å². The Hall–Kier alpha value is -2.01. The summed E-state index contributed by atoms with van der Waals surface area (Å²) < 4.78 is 1.98. The zero-order valence-corrected chi connectivity index (χ0v) is 11.3. The van der Waals surface area contributed by atoms with Crippen LogP contribution in [0, 0.1) is 0 Å². The van der Waals surface area contributed by atoms with Gasteiger partial charge in [-0.2, -0.15) is 0 Å². The molecule has 0 radical (unpaired) electrons. The Morgan fingerprint density at radius 1 is 1.42 bits per heavy atom. The first-order valence-electron chi connectivity index (χ1n) is 5.75. The smallest absolute Gasteiger partial charge is 0.328 e. The van der Waals surface area contributed by atoms with Gasteiger partial charge in [-0.05, 0) is 17.2 Å². The maximum Gasteiger partial charge on any atom is 0.328 e. The average molecular weight is 274 g/mol. The van der Waals surface area contributed by atoms with Crippen molar-refractivity contribution >= 4 is 23.8 Å². The number of carboxylic acid groups (broad SMARTS) is 1. The van der Waals surface area contributed by atoms with E-state index in [2.05, 4.69) is 4.98 Å². The van der Waals surface area contributed by atoms with Crippen molar-refractivity contribution in [3.63, 3.8) is 0 Å². The lowest BCUT2D eigenvalue weighted by Crippen LogP contribution is -1.90. The monoisotopic (exact) mass is 274 g/mol. The normalized spacial score (nSPS) is 11.0. The fourth-order valence-electron chi connectivity index (χ4n) is 1.53. The molecule has 0 amide bonds. The molecule has 0 aliphatic carbocycles. The second kappa shape index (κ2) is 6.24. The predicted octanol–water partition coefficient (Wildman–Crippen LogP) is 2.81. The molecule has 0 fully saturated rings. The number of thioether (sulfide) groups is 1. The highest BCUT2D eigenvalue weighted by Gasteiger charge is 2.00. The molecule has 98 valence electrons. The molecule has 0 saturated heterocycles. The van der Waals surface area contributed by atoms with Crippen LogP contribution in [0.2, 0.25) is 0 Å². The second-order valence-electron chi connectivity index (χ2n) is 4.02. The molecule has 0 spiro atoms. The van der Waals surface area contributed by atoms with Gasteiger partial charge in [-0.25, -0.2) is 9.78 Å². The van der Waals surface area contributed by atoms with Gasteiger partial charge < -0.3 is 9.67 Å². The van der Waals surface area contributed by atoms with Crippen LogP contribution >= 0.6 is 11.8 Å². The minimum absolute atomic E-state index is 0.841. The number of nitrogens with zero attached hydrogens (tertiary/aromatic N) is 2. The van der Waals surface area contributed by atoms with E-state index in [0.29, 0.717) is 0 Å². The molecule has 0 aliphatic rings. The van der Waals surface area contributed by atoms with E-state index in [0.717, 1.165) is 22.5 Å². The van der Waals surface area contributed by atoms with Gasteiger partial charge >= 0.3 is 5.97 Å². The van der Waals surface area contributed by atoms with Crippen LogP contribution in [0.3, 0.4) is 0 Å². The Balaban J connectivity index is 1.95. The first kappa shape index (κ1) is 13.4. The number of hydrogen-bond acceptors (Lipinski definition) is 3. The lowest BCUT2D eigenvalue weighted by atomic mass is 10.1. The molecule has 0 saturated carbocycles. The maximum atomic E-state index is 10.4. The number of aromatic nitrogens is 2. The third-order valence-electron chi connectivity index (χ3n) is 2.54. The summed E-state index contributed by atoms with van der Waals surface area (Å²) >= 11 is 1.67. The highest BCUT2D eigenvalue weighted by molar-refractivity contribution is 7.98. The lowest BCUT2D eigenvalue weighted by Gasteiger charge is -2.02. The summed E-state index contributed by atoms with van der Waals surface area (Å²) in [6.45, 7) is 0. The summed E-state index contributed by atoms with van der Waals surface area (Å²) in [5, 5.41) is 9.53. The average Bonchev–Trinajstić information content (AvgIpc) is 2.81. The van der Waals surface area contributed by atoms with Crippen molar-refractivity contribution in [2.75, 3.05) is 0 Å². The van der Waals surface area contributed by atoms with Gasteiger partial charge in [-0.3, -0.25) is 0 Å². The number of hydrogen-bond donors (Lipinski definition) is 1. The molecule has 19 heavy (non-hydrogen) atoms. The van der Waals surface area contributed by atoms with Gasteiger partial charge in [0, 0.05) is 31.3 Å². The number of imidazole rings is 1. The van der Waals surface area contributed by atoms with E-state index in [9.17, 15) is 4.79 Å². The van der Waals surface area contributed by atoms with Crippen molar-refractivity contribution in [1.82, 2.24) is 9.55 Å². The number of aryl methyl sites for hydroxylation is 1. The first-order valence-corrected chi connectivity index (χ1v) is 6.74. The van der Waals surface area contributed by atoms with Crippen molar-refractivity contribution in [3.05, 3.63) is 53.9 Å². The highest BCUT2D eigenvalue weighted by atomic mass is 32.2. The fraction of sp³-hybridized carbons (Fsp3) is 0.143. The molecular formula is C14H14N2O2S. The van der Waals surface area contributed by atoms with Gasteiger partial charge in [0.2, 0.25) is 0 Å². The van der Waals surface area contributed by atoms with Crippen LogP contribution in [0.4, 0.5) is 0 Å². The Labute approximate surface area is 115 Å². The van der Waals surface area contributed by atoms with Gasteiger partial charge in [0.1, 0.15) is 0 Å². The Morgan fingerprint density at radius 3 is 2.74 bits per heavy atom. The molecule has 1 heterocycles. The number of benzene rings is 1. The zero-order chi connectivity index (χ0) is 13.7. The molecule has 5 heteroatoms. The van der Waals surface area contributed by atoms with Crippen molar-refractivity contribution < 1.29 is 9.90 Å². The SMILES string of the molecule is Cn1ccnc1SCc1ccc(/C=C/C(=O)O)cc1. The summed E-state index contributed by atoms with van der Waals surface area (Å²) in [4.78, 5) is 14.7. The molecule has 4 nitrogen and oxygen atoms in total. The van der Waals surface area contributed by atoms with Gasteiger partial charge in [0.15, 0.2) is 5.16 Å². The largest absolute Gasteiger partial charge is 0.478 e. The Bertz CT molecular complexity index is 588. The molecule has 1 N–H and O–H groups in total. The van der Waals surface area contributed by atoms with Crippen LogP contribution < -0.4 is 0 Å². The molecule has 0 aliphatic heterocycles. The van der Waals surface area contributed by atoms with Gasteiger partial charge in [0.05, 0.1) is 0 Å². The molecule has 1 aromatic heterocycles. The zero-order valence-electron chi connectivity index (χ0n) is 10.5. The lowest BCUT2D eigenvalue weighted by molar-refractivity contribution is -0.131. The van der Waals surface area contributed by atoms with Gasteiger partial charge in [0.25, 0.3) is 0 Å². The third kappa shape index (κ3) is 3.99. The first-order chi connectivity index (χ1) is 9.15. The third-order valence-corrected chi connectivity index (χ3v) is 3.67. The van der Waals surface area contributed by atoms with Crippen LogP contribution in [0.5, 0.6) is 0 Å². The number of rotatable bonds is 5. The maximum absolute atomic E-state index is 10.4. The van der Waals surface area contributed by atoms with Gasteiger partial charge in [-0.1, -0.05) is 36.0 Å². The fourth-order valence-corrected chi connectivity index (χ4v) is 2.42. The molecule has 2 aromatic rings. The highest BCUT2D eigenvalue weighted by Crippen LogP contribution is 2.20. The summed E-state index contributed by atoms with van der Waals surface area (Å²) in [5.74, 6) is -0.0947. The molecule has 1 aromatic carbocycles. The Kier molecular flexibility index (Phi) is 4.41. The molecular weight excluding hydrogens is 260 g/mol. The minimum Gasteiger partial charge on any atom is -0.478 e. The van der Waals surface area contributed by atoms with E-state index in [4.69, 9.17) is 5.11 Å². The summed E-state index contributed by atoms with van der Waals surface area (Å²) in [5.41, 5.74) is 2.06. The number of aliphatic carboxylic acids is 1. The predicted molar refractivity (Wildman–Crippen MR) is 75.9 cm³/mol. The molecule has 0 atom stereocenters. The topological polar surface area (TPSA) is 55.1 Å². The van der Waals surface area contributed by atoms with Crippen molar-refractivity contribution in [3.8, 4) is 0 Å². The van der Waals surface area contributed by atoms with E-state index >= 15 is 0 Å². The van der Waals surface area contributed by atoms with E-state index < -0.39 is 5.97 Å². The van der Waals surface area contributed by atoms with Crippen molar-refractivity contribution in [2.45, 2.75) is 10.9 Å². The molecule has 2 rings (SSSR count). The molecule has 0 unspecified atom stereocenters. The molecule has 0 bridgehead atoms. The minimum atomic E-state index is -0.936. The van der Waals surface area contributed by atoms with E-state index in [1.807, 2.05) is 42.1 Å². The standard InChI is InChI=1S/C14H14N2O2S/c1-16-9-8-15-14(16)19-10-12-4-2-11(3-5-12)6-7-13(17)18/h2-9H,10H2,1H3,(H,17,18)/b7-6+. The Morgan fingerprint density at radius 2 is 2.16 bits per heavy atom. The van der Waals surface area contributed by atoms with Crippen LogP contribution in [-0.4, -0.2) is 20.6 Å². The van der Waals surface area contributed by atoms with E-state index in [1.54, 1.807) is 24.0 Å². The van der Waals surface area contributed by atoms with Crippen molar-refractivity contribution in [2.24, 2.45) is 7.05 Å². The van der Waals surface area contributed by atoms with Gasteiger partial charge in [-0.15, -0.1) is 0 Å². The van der Waals surface area contributed by atoms with Crippen molar-refractivity contribution in [1.29, 1.82) is 0 Å². The number of carbonyl (C=O) groups is 1. The second-order valence-corrected chi connectivity index (χ2v) is 4.97. The quantitative estimate of drug-likeness (QED) is 0.673. The summed E-state index contributed by atoms with van der Waals surface area (Å²) in [6, 6.07) is 7.82. The van der Waals surface area contributed by atoms with Crippen LogP contribution in [0.1, 0.15) is 11.1 Å². The summed E-state index contributed by atoms with van der Waals surface area (Å²) in [6.07, 6.45) is 6.42. The van der Waals surface area contributed by atoms with E-state index in [1.165, 1.54) is 5.56 Å².